The molecule has 28 heavy (non-hydrogen) atoms. The average molecular weight is 419 g/mol. The summed E-state index contributed by atoms with van der Waals surface area (Å²) in [4.78, 5) is 19.3. The Bertz CT molecular complexity index is 954. The van der Waals surface area contributed by atoms with Crippen LogP contribution in [0.2, 0.25) is 4.47 Å². The fourth-order valence-corrected chi connectivity index (χ4v) is 3.55. The lowest BCUT2D eigenvalue weighted by molar-refractivity contribution is 0.0988. The second-order valence-corrected chi connectivity index (χ2v) is 7.40. The molecule has 3 rings (SSSR count). The number of rotatable bonds is 7. The maximum Gasteiger partial charge on any atom is 0.270 e. The van der Waals surface area contributed by atoms with Crippen molar-refractivity contribution >= 4 is 34.5 Å². The third kappa shape index (κ3) is 4.55. The molecule has 6 nitrogen and oxygen atoms in total. The summed E-state index contributed by atoms with van der Waals surface area (Å²) in [6.45, 7) is 0.321. The molecule has 146 valence electrons. The van der Waals surface area contributed by atoms with E-state index in [0.717, 1.165) is 16.9 Å². The minimum atomic E-state index is -0.220. The van der Waals surface area contributed by atoms with Crippen LogP contribution in [0.15, 0.2) is 48.7 Å². The molecule has 1 amide bonds. The largest absolute Gasteiger partial charge is 0.497 e. The Balaban J connectivity index is 2.04. The smallest absolute Gasteiger partial charge is 0.270 e. The number of halogens is 1. The first kappa shape index (κ1) is 20.0. The van der Waals surface area contributed by atoms with E-state index in [2.05, 4.69) is 4.98 Å². The lowest BCUT2D eigenvalue weighted by Crippen LogP contribution is -2.30. The zero-order valence-corrected chi connectivity index (χ0v) is 17.2. The number of nitrogens with zero attached hydrogens (tertiary/aromatic N) is 2. The van der Waals surface area contributed by atoms with Gasteiger partial charge in [-0.2, -0.15) is 0 Å². The maximum absolute atomic E-state index is 13.2. The molecule has 0 saturated heterocycles. The molecule has 1 aromatic heterocycles. The number of carbonyl (C=O) groups is 1. The van der Waals surface area contributed by atoms with Crippen LogP contribution in [0.25, 0.3) is 0 Å². The molecule has 1 heterocycles. The van der Waals surface area contributed by atoms with Crippen LogP contribution in [-0.4, -0.2) is 32.2 Å². The fraction of sp³-hybridized carbons (Fsp3) is 0.200. The molecule has 0 saturated carbocycles. The van der Waals surface area contributed by atoms with Gasteiger partial charge in [0.05, 0.1) is 39.8 Å². The van der Waals surface area contributed by atoms with Gasteiger partial charge in [0.1, 0.15) is 22.1 Å². The van der Waals surface area contributed by atoms with Crippen LogP contribution < -0.4 is 19.1 Å². The first-order valence-electron chi connectivity index (χ1n) is 8.33. The van der Waals surface area contributed by atoms with Gasteiger partial charge in [-0.25, -0.2) is 4.98 Å². The summed E-state index contributed by atoms with van der Waals surface area (Å²) >= 11 is 7.06. The summed E-state index contributed by atoms with van der Waals surface area (Å²) < 4.78 is 16.3. The number of hydrogen-bond donors (Lipinski definition) is 0. The molecule has 0 fully saturated rings. The van der Waals surface area contributed by atoms with E-state index >= 15 is 0 Å². The Morgan fingerprint density at radius 2 is 1.71 bits per heavy atom. The molecule has 0 aliphatic rings. The second-order valence-electron chi connectivity index (χ2n) is 5.79. The quantitative estimate of drug-likeness (QED) is 0.558. The molecule has 8 heteroatoms. The molecule has 3 aromatic rings. The van der Waals surface area contributed by atoms with Crippen molar-refractivity contribution in [2.45, 2.75) is 6.54 Å². The Kier molecular flexibility index (Phi) is 6.38. The van der Waals surface area contributed by atoms with Gasteiger partial charge in [-0.05, 0) is 17.7 Å². The van der Waals surface area contributed by atoms with Crippen molar-refractivity contribution in [2.75, 3.05) is 26.2 Å². The number of ether oxygens (including phenoxy) is 3. The van der Waals surface area contributed by atoms with Crippen LogP contribution in [0.3, 0.4) is 0 Å². The Morgan fingerprint density at radius 1 is 1.04 bits per heavy atom. The van der Waals surface area contributed by atoms with Crippen molar-refractivity contribution in [1.29, 1.82) is 0 Å². The predicted molar refractivity (Wildman–Crippen MR) is 110 cm³/mol. The summed E-state index contributed by atoms with van der Waals surface area (Å²) in [6.07, 6.45) is 1.48. The monoisotopic (exact) mass is 418 g/mol. The van der Waals surface area contributed by atoms with Crippen molar-refractivity contribution in [2.24, 2.45) is 0 Å². The summed E-state index contributed by atoms with van der Waals surface area (Å²) in [6, 6.07) is 12.9. The number of hydrogen-bond acceptors (Lipinski definition) is 6. The third-order valence-corrected chi connectivity index (χ3v) is 5.16. The molecule has 0 bridgehead atoms. The highest BCUT2D eigenvalue weighted by molar-refractivity contribution is 7.17. The minimum absolute atomic E-state index is 0.220. The summed E-state index contributed by atoms with van der Waals surface area (Å²) in [7, 11) is 4.74. The first-order valence-corrected chi connectivity index (χ1v) is 9.52. The zero-order chi connectivity index (χ0) is 20.1. The van der Waals surface area contributed by atoms with Gasteiger partial charge in [-0.15, -0.1) is 0 Å². The van der Waals surface area contributed by atoms with Crippen molar-refractivity contribution in [3.63, 3.8) is 0 Å². The van der Waals surface area contributed by atoms with Gasteiger partial charge in [-0.1, -0.05) is 35.1 Å². The van der Waals surface area contributed by atoms with Crippen LogP contribution in [-0.2, 0) is 6.54 Å². The van der Waals surface area contributed by atoms with E-state index in [0.29, 0.717) is 38.8 Å². The Labute approximate surface area is 172 Å². The van der Waals surface area contributed by atoms with Crippen molar-refractivity contribution in [1.82, 2.24) is 4.98 Å². The van der Waals surface area contributed by atoms with E-state index in [1.165, 1.54) is 6.20 Å². The summed E-state index contributed by atoms with van der Waals surface area (Å²) in [5, 5.41) is 0. The van der Waals surface area contributed by atoms with E-state index in [1.54, 1.807) is 44.4 Å². The second kappa shape index (κ2) is 8.95. The van der Waals surface area contributed by atoms with E-state index in [-0.39, 0.29) is 5.91 Å². The van der Waals surface area contributed by atoms with Gasteiger partial charge in [-0.3, -0.25) is 4.79 Å². The van der Waals surface area contributed by atoms with Gasteiger partial charge in [0.25, 0.3) is 5.91 Å². The van der Waals surface area contributed by atoms with E-state index < -0.39 is 0 Å². The lowest BCUT2D eigenvalue weighted by Gasteiger charge is -2.23. The number of amides is 1. The fourth-order valence-electron chi connectivity index (χ4n) is 2.67. The Hall–Kier alpha value is -2.77. The highest BCUT2D eigenvalue weighted by atomic mass is 35.5. The molecular formula is C20H19ClN2O4S. The zero-order valence-electron chi connectivity index (χ0n) is 15.6. The van der Waals surface area contributed by atoms with E-state index in [1.807, 2.05) is 24.3 Å². The van der Waals surface area contributed by atoms with Crippen LogP contribution >= 0.6 is 22.9 Å². The van der Waals surface area contributed by atoms with E-state index in [9.17, 15) is 4.79 Å². The summed E-state index contributed by atoms with van der Waals surface area (Å²) in [5.41, 5.74) is 1.54. The van der Waals surface area contributed by atoms with Crippen molar-refractivity contribution < 1.29 is 19.0 Å². The average Bonchev–Trinajstić information content (AvgIpc) is 3.17. The van der Waals surface area contributed by atoms with Crippen molar-refractivity contribution in [3.8, 4) is 17.2 Å². The van der Waals surface area contributed by atoms with Crippen LogP contribution in [0.4, 0.5) is 5.69 Å². The molecule has 0 N–H and O–H groups in total. The normalized spacial score (nSPS) is 10.4. The molecular weight excluding hydrogens is 400 g/mol. The van der Waals surface area contributed by atoms with Gasteiger partial charge in [0.15, 0.2) is 4.47 Å². The molecule has 0 aliphatic heterocycles. The van der Waals surface area contributed by atoms with Crippen LogP contribution in [0, 0.1) is 0 Å². The van der Waals surface area contributed by atoms with Crippen LogP contribution in [0.1, 0.15) is 15.2 Å². The third-order valence-electron chi connectivity index (χ3n) is 4.06. The molecule has 0 aliphatic carbocycles. The first-order chi connectivity index (χ1) is 13.5. The number of anilines is 1. The van der Waals surface area contributed by atoms with Gasteiger partial charge in [0.2, 0.25) is 0 Å². The molecule has 0 atom stereocenters. The molecule has 0 spiro atoms. The standard InChI is InChI=1S/C20H19ClN2O4S/c1-25-15-6-4-5-13(7-15)12-23(19(24)18-11-22-20(21)28-18)14-8-16(26-2)10-17(9-14)27-3/h4-11H,12H2,1-3H3. The molecule has 0 radical (unpaired) electrons. The van der Waals surface area contributed by atoms with Crippen LogP contribution in [0.5, 0.6) is 17.2 Å². The number of carbonyl (C=O) groups excluding carboxylic acids is 1. The van der Waals surface area contributed by atoms with Gasteiger partial charge < -0.3 is 19.1 Å². The Morgan fingerprint density at radius 3 is 2.29 bits per heavy atom. The lowest BCUT2D eigenvalue weighted by atomic mass is 10.1. The highest BCUT2D eigenvalue weighted by Gasteiger charge is 2.22. The topological polar surface area (TPSA) is 60.9 Å². The SMILES string of the molecule is COc1cccc(CN(C(=O)c2cnc(Cl)s2)c2cc(OC)cc(OC)c2)c1. The molecule has 0 unspecified atom stereocenters. The predicted octanol–water partition coefficient (Wildman–Crippen LogP) is 4.67. The maximum atomic E-state index is 13.2. The summed E-state index contributed by atoms with van der Waals surface area (Å²) in [5.74, 6) is 1.66. The minimum Gasteiger partial charge on any atom is -0.497 e. The molecule has 2 aromatic carbocycles. The van der Waals surface area contributed by atoms with Gasteiger partial charge in [0, 0.05) is 18.2 Å². The van der Waals surface area contributed by atoms with Gasteiger partial charge >= 0.3 is 0 Å². The van der Waals surface area contributed by atoms with Crippen molar-refractivity contribution in [3.05, 3.63) is 63.6 Å². The highest BCUT2D eigenvalue weighted by Crippen LogP contribution is 2.32. The number of aromatic nitrogens is 1. The number of benzene rings is 2. The number of methoxy groups -OCH3 is 3. The van der Waals surface area contributed by atoms with E-state index in [4.69, 9.17) is 25.8 Å². The number of thiazole rings is 1.